The molecule has 1 N–H and O–H groups in total. The van der Waals surface area contributed by atoms with Gasteiger partial charge in [0.1, 0.15) is 19.0 Å². The summed E-state index contributed by atoms with van der Waals surface area (Å²) in [5, 5.41) is 12.7. The predicted octanol–water partition coefficient (Wildman–Crippen LogP) is 5.91. The highest BCUT2D eigenvalue weighted by Gasteiger charge is 2.40. The normalized spacial score (nSPS) is 16.4. The Labute approximate surface area is 241 Å². The van der Waals surface area contributed by atoms with Crippen molar-refractivity contribution in [2.45, 2.75) is 31.8 Å². The van der Waals surface area contributed by atoms with Gasteiger partial charge in [0, 0.05) is 45.8 Å². The van der Waals surface area contributed by atoms with E-state index in [1.54, 1.807) is 35.7 Å². The van der Waals surface area contributed by atoms with E-state index in [1.807, 2.05) is 36.7 Å². The summed E-state index contributed by atoms with van der Waals surface area (Å²) >= 11 is 6.66. The molecule has 7 rings (SSSR count). The van der Waals surface area contributed by atoms with Crippen LogP contribution in [0.25, 0.3) is 27.7 Å². The van der Waals surface area contributed by atoms with Crippen molar-refractivity contribution in [2.24, 2.45) is 0 Å². The van der Waals surface area contributed by atoms with Crippen LogP contribution >= 0.6 is 11.6 Å². The van der Waals surface area contributed by atoms with Crippen molar-refractivity contribution >= 4 is 28.4 Å². The monoisotopic (exact) mass is 559 g/mol. The molecule has 0 aliphatic carbocycles. The van der Waals surface area contributed by atoms with Crippen LogP contribution in [0.15, 0.2) is 98.1 Å². The molecule has 202 valence electrons. The Kier molecular flexibility index (Phi) is 6.12. The Hall–Kier alpha value is -4.82. The summed E-state index contributed by atoms with van der Waals surface area (Å²) in [5.41, 5.74) is 7.28. The second-order valence-corrected chi connectivity index (χ2v) is 10.9. The van der Waals surface area contributed by atoms with Gasteiger partial charge in [-0.3, -0.25) is 9.36 Å². The molecular formula is C32H26ClN7O. The van der Waals surface area contributed by atoms with Gasteiger partial charge in [0.15, 0.2) is 0 Å². The minimum atomic E-state index is -0.650. The second kappa shape index (κ2) is 9.98. The van der Waals surface area contributed by atoms with Gasteiger partial charge < -0.3 is 9.88 Å². The van der Waals surface area contributed by atoms with Gasteiger partial charge >= 0.3 is 0 Å². The Morgan fingerprint density at radius 1 is 0.976 bits per heavy atom. The van der Waals surface area contributed by atoms with E-state index in [9.17, 15) is 4.79 Å². The van der Waals surface area contributed by atoms with Gasteiger partial charge in [-0.1, -0.05) is 53.6 Å². The molecule has 0 fully saturated rings. The molecule has 3 aromatic carbocycles. The van der Waals surface area contributed by atoms with E-state index in [0.717, 1.165) is 46.1 Å². The maximum atomic E-state index is 13.9. The van der Waals surface area contributed by atoms with Crippen molar-refractivity contribution in [1.29, 1.82) is 0 Å². The lowest BCUT2D eigenvalue weighted by atomic mass is 9.81. The summed E-state index contributed by atoms with van der Waals surface area (Å²) in [6.07, 6.45) is 9.96. The van der Waals surface area contributed by atoms with E-state index >= 15 is 0 Å². The molecular weight excluding hydrogens is 534 g/mol. The average Bonchev–Trinajstić information content (AvgIpc) is 3.64. The molecule has 3 aromatic heterocycles. The molecule has 8 nitrogen and oxygen atoms in total. The lowest BCUT2D eigenvalue weighted by molar-refractivity contribution is 0.0868. The molecule has 1 aliphatic rings. The molecule has 9 heteroatoms. The highest BCUT2D eigenvalue weighted by molar-refractivity contribution is 6.34. The zero-order valence-corrected chi connectivity index (χ0v) is 23.1. The topological polar surface area (TPSA) is 90.5 Å². The second-order valence-electron chi connectivity index (χ2n) is 10.5. The maximum Gasteiger partial charge on any atom is 0.253 e. The smallest absolute Gasteiger partial charge is 0.253 e. The fourth-order valence-electron chi connectivity index (χ4n) is 6.03. The lowest BCUT2D eigenvalue weighted by Gasteiger charge is -2.40. The zero-order chi connectivity index (χ0) is 28.0. The molecule has 1 atom stereocenters. The van der Waals surface area contributed by atoms with Crippen LogP contribution in [-0.4, -0.2) is 35.2 Å². The van der Waals surface area contributed by atoms with Crippen molar-refractivity contribution in [3.8, 4) is 16.8 Å². The fourth-order valence-corrected chi connectivity index (χ4v) is 6.29. The van der Waals surface area contributed by atoms with E-state index in [0.29, 0.717) is 17.1 Å². The summed E-state index contributed by atoms with van der Waals surface area (Å²) in [4.78, 5) is 22.5. The van der Waals surface area contributed by atoms with Gasteiger partial charge in [-0.2, -0.15) is 0 Å². The van der Waals surface area contributed by atoms with Gasteiger partial charge in [0.05, 0.1) is 22.7 Å². The number of rotatable bonds is 5. The quantitative estimate of drug-likeness (QED) is 0.283. The summed E-state index contributed by atoms with van der Waals surface area (Å²) in [6.45, 7) is 2.68. The van der Waals surface area contributed by atoms with Crippen LogP contribution < -0.4 is 5.32 Å². The third-order valence-electron chi connectivity index (χ3n) is 7.99. The number of aryl methyl sites for hydroxylation is 1. The highest BCUT2D eigenvalue weighted by atomic mass is 35.5. The molecule has 4 heterocycles. The third kappa shape index (κ3) is 4.37. The summed E-state index contributed by atoms with van der Waals surface area (Å²) in [5.74, 6) is -0.221. The Bertz CT molecular complexity index is 1880. The molecule has 1 aliphatic heterocycles. The number of nitrogens with zero attached hydrogens (tertiary/aromatic N) is 6. The Balaban J connectivity index is 1.32. The molecule has 41 heavy (non-hydrogen) atoms. The number of benzene rings is 3. The number of nitrogens with one attached hydrogen (secondary N) is 1. The van der Waals surface area contributed by atoms with Gasteiger partial charge in [-0.15, -0.1) is 10.2 Å². The van der Waals surface area contributed by atoms with Crippen LogP contribution in [0.1, 0.15) is 33.6 Å². The standard InChI is InChI=1S/C32H26ClN7O/c1-21-7-10-28-26(13-21)30(22-15-34-18-35-16-22)29-11-12-32(17-40(28)29,23-5-3-2-4-6-23)38-31(41)25-9-8-24(14-27(25)33)39-19-36-37-20-39/h2-10,13-16,18-20H,11-12,17H2,1H3,(H,38,41)/t32-/m1/s1. The summed E-state index contributed by atoms with van der Waals surface area (Å²) < 4.78 is 4.10. The first-order valence-corrected chi connectivity index (χ1v) is 13.8. The van der Waals surface area contributed by atoms with Crippen LogP contribution in [-0.2, 0) is 18.5 Å². The van der Waals surface area contributed by atoms with Crippen LogP contribution in [0, 0.1) is 6.92 Å². The zero-order valence-electron chi connectivity index (χ0n) is 22.3. The van der Waals surface area contributed by atoms with Gasteiger partial charge in [-0.05, 0) is 55.7 Å². The number of fused-ring (bicyclic) bond motifs is 3. The van der Waals surface area contributed by atoms with Gasteiger partial charge in [0.2, 0.25) is 0 Å². The lowest BCUT2D eigenvalue weighted by Crippen LogP contribution is -2.51. The summed E-state index contributed by atoms with van der Waals surface area (Å²) in [7, 11) is 0. The first-order valence-electron chi connectivity index (χ1n) is 13.4. The maximum absolute atomic E-state index is 13.9. The number of hydrogen-bond acceptors (Lipinski definition) is 5. The van der Waals surface area contributed by atoms with E-state index < -0.39 is 5.54 Å². The molecule has 1 amide bonds. The van der Waals surface area contributed by atoms with E-state index in [1.165, 1.54) is 11.3 Å². The van der Waals surface area contributed by atoms with Gasteiger partial charge in [0.25, 0.3) is 5.91 Å². The number of carbonyl (C=O) groups is 1. The van der Waals surface area contributed by atoms with Gasteiger partial charge in [-0.25, -0.2) is 9.97 Å². The minimum absolute atomic E-state index is 0.221. The first kappa shape index (κ1) is 25.2. The van der Waals surface area contributed by atoms with E-state index in [2.05, 4.69) is 67.3 Å². The number of amides is 1. The number of aromatic nitrogens is 6. The highest BCUT2D eigenvalue weighted by Crippen LogP contribution is 2.43. The van der Waals surface area contributed by atoms with Crippen LogP contribution in [0.3, 0.4) is 0 Å². The van der Waals surface area contributed by atoms with E-state index in [4.69, 9.17) is 11.6 Å². The minimum Gasteiger partial charge on any atom is -0.341 e. The van der Waals surface area contributed by atoms with Crippen LogP contribution in [0.4, 0.5) is 0 Å². The first-order chi connectivity index (χ1) is 20.0. The van der Waals surface area contributed by atoms with Crippen molar-refractivity contribution < 1.29 is 4.79 Å². The Morgan fingerprint density at radius 2 is 1.76 bits per heavy atom. The average molecular weight is 560 g/mol. The molecule has 0 saturated heterocycles. The van der Waals surface area contributed by atoms with Crippen molar-refractivity contribution in [3.05, 3.63) is 126 Å². The number of halogens is 1. The molecule has 0 unspecified atom stereocenters. The third-order valence-corrected chi connectivity index (χ3v) is 8.30. The van der Waals surface area contributed by atoms with Crippen molar-refractivity contribution in [1.82, 2.24) is 34.6 Å². The molecule has 6 aromatic rings. The molecule has 0 saturated carbocycles. The van der Waals surface area contributed by atoms with Crippen LogP contribution in [0.2, 0.25) is 5.02 Å². The molecule has 0 radical (unpaired) electrons. The summed E-state index contributed by atoms with van der Waals surface area (Å²) in [6, 6.07) is 22.1. The largest absolute Gasteiger partial charge is 0.341 e. The molecule has 0 bridgehead atoms. The fraction of sp³-hybridized carbons (Fsp3) is 0.156. The number of hydrogen-bond donors (Lipinski definition) is 1. The Morgan fingerprint density at radius 3 is 2.51 bits per heavy atom. The molecule has 0 spiro atoms. The SMILES string of the molecule is Cc1ccc2c(c1)c(-c1cncnc1)c1n2C[C@@](NC(=O)c2ccc(-n3cnnc3)cc2Cl)(c2ccccc2)CC1. The van der Waals surface area contributed by atoms with Crippen molar-refractivity contribution in [2.75, 3.05) is 0 Å². The van der Waals surface area contributed by atoms with Crippen molar-refractivity contribution in [3.63, 3.8) is 0 Å². The van der Waals surface area contributed by atoms with Crippen LogP contribution in [0.5, 0.6) is 0 Å². The predicted molar refractivity (Wildman–Crippen MR) is 158 cm³/mol. The van der Waals surface area contributed by atoms with E-state index in [-0.39, 0.29) is 5.91 Å². The number of carbonyl (C=O) groups excluding carboxylic acids is 1.